The first-order valence-electron chi connectivity index (χ1n) is 14.9. The zero-order valence-electron chi connectivity index (χ0n) is 24.0. The molecule has 4 heterocycles. The van der Waals surface area contributed by atoms with Crippen molar-refractivity contribution < 1.29 is 17.8 Å². The standard InChI is InChI=1S/C32H32BrClFN5O3S/c33-25-16-28-24(15-30(25)42-12-13-44(41)19-23-8-7-22(43-23)18-39-10-2-1-3-11-39)31-29(40(28)21-5-6-21)17-36-38-32(31)37-20-4-9-27(35)26(34)14-20/h4,7-9,14-17,21H,1-3,5-6,10-13,18-19H2,(H,37,38). The Balaban J connectivity index is 1.08. The minimum Gasteiger partial charge on any atom is -0.491 e. The molecule has 1 aliphatic heterocycles. The summed E-state index contributed by atoms with van der Waals surface area (Å²) in [4.78, 5) is 2.41. The summed E-state index contributed by atoms with van der Waals surface area (Å²) in [6, 6.07) is 12.8. The summed E-state index contributed by atoms with van der Waals surface area (Å²) in [5.74, 6) is 3.12. The molecule has 1 unspecified atom stereocenters. The number of nitrogens with one attached hydrogen (secondary N) is 1. The van der Waals surface area contributed by atoms with Crippen molar-refractivity contribution in [1.29, 1.82) is 0 Å². The van der Waals surface area contributed by atoms with Gasteiger partial charge in [0.2, 0.25) is 0 Å². The van der Waals surface area contributed by atoms with Crippen molar-refractivity contribution >= 4 is 71.6 Å². The average Bonchev–Trinajstić information content (AvgIpc) is 3.67. The molecule has 5 aromatic rings. The number of nitrogens with zero attached hydrogens (tertiary/aromatic N) is 4. The molecule has 1 saturated carbocycles. The van der Waals surface area contributed by atoms with Crippen molar-refractivity contribution in [2.75, 3.05) is 30.8 Å². The van der Waals surface area contributed by atoms with Gasteiger partial charge in [-0.15, -0.1) is 5.10 Å². The van der Waals surface area contributed by atoms with E-state index >= 15 is 0 Å². The Morgan fingerprint density at radius 1 is 1.09 bits per heavy atom. The highest BCUT2D eigenvalue weighted by atomic mass is 79.9. The van der Waals surface area contributed by atoms with Gasteiger partial charge in [-0.3, -0.25) is 9.11 Å². The number of anilines is 2. The number of benzene rings is 2. The number of hydrogen-bond acceptors (Lipinski definition) is 7. The molecule has 230 valence electrons. The monoisotopic (exact) mass is 699 g/mol. The van der Waals surface area contributed by atoms with E-state index in [1.165, 1.54) is 31.4 Å². The number of ether oxygens (including phenoxy) is 1. The van der Waals surface area contributed by atoms with Crippen LogP contribution in [0.15, 0.2) is 57.6 Å². The van der Waals surface area contributed by atoms with Crippen LogP contribution >= 0.6 is 27.5 Å². The second kappa shape index (κ2) is 12.8. The lowest BCUT2D eigenvalue weighted by Gasteiger charge is -2.25. The number of piperidine rings is 1. The first-order valence-corrected chi connectivity index (χ1v) is 17.6. The summed E-state index contributed by atoms with van der Waals surface area (Å²) in [5, 5.41) is 13.8. The molecule has 2 aliphatic rings. The quantitative estimate of drug-likeness (QED) is 0.149. The van der Waals surface area contributed by atoms with Gasteiger partial charge in [0.15, 0.2) is 5.82 Å². The largest absolute Gasteiger partial charge is 0.491 e. The number of fused-ring (bicyclic) bond motifs is 3. The molecule has 0 radical (unpaired) electrons. The van der Waals surface area contributed by atoms with E-state index < -0.39 is 16.6 Å². The lowest BCUT2D eigenvalue weighted by Crippen LogP contribution is -2.28. The minimum atomic E-state index is -1.14. The normalized spacial score (nSPS) is 16.5. The van der Waals surface area contributed by atoms with E-state index in [-0.39, 0.29) is 11.6 Å². The first kappa shape index (κ1) is 29.7. The fourth-order valence-electron chi connectivity index (χ4n) is 5.93. The highest BCUT2D eigenvalue weighted by Gasteiger charge is 2.29. The lowest BCUT2D eigenvalue weighted by molar-refractivity contribution is 0.204. The number of likely N-dealkylation sites (tertiary alicyclic amines) is 1. The summed E-state index contributed by atoms with van der Waals surface area (Å²) in [6.45, 7) is 3.31. The van der Waals surface area contributed by atoms with Crippen LogP contribution in [0.4, 0.5) is 15.9 Å². The van der Waals surface area contributed by atoms with Gasteiger partial charge >= 0.3 is 0 Å². The highest BCUT2D eigenvalue weighted by Crippen LogP contribution is 2.46. The van der Waals surface area contributed by atoms with Crippen LogP contribution in [0.2, 0.25) is 5.02 Å². The van der Waals surface area contributed by atoms with E-state index in [1.807, 2.05) is 18.2 Å². The SMILES string of the molecule is O=S(CCOc1cc2c3c(Nc4ccc(F)c(Cl)c4)nncc3n(C3CC3)c2cc1Br)Cc1ccc(CN2CCCCC2)o1. The third-order valence-electron chi connectivity index (χ3n) is 8.18. The molecule has 12 heteroatoms. The second-order valence-electron chi connectivity index (χ2n) is 11.4. The van der Waals surface area contributed by atoms with Crippen molar-refractivity contribution in [1.82, 2.24) is 19.7 Å². The molecule has 0 bridgehead atoms. The van der Waals surface area contributed by atoms with Crippen LogP contribution in [-0.4, -0.2) is 49.3 Å². The fraction of sp³-hybridized carbons (Fsp3) is 0.375. The summed E-state index contributed by atoms with van der Waals surface area (Å²) in [7, 11) is -1.14. The Bertz CT molecular complexity index is 1850. The molecule has 1 N–H and O–H groups in total. The van der Waals surface area contributed by atoms with Crippen LogP contribution in [-0.2, 0) is 23.1 Å². The molecule has 2 fully saturated rings. The molecule has 2 aromatic carbocycles. The number of halogens is 3. The van der Waals surface area contributed by atoms with Crippen molar-refractivity contribution in [3.63, 3.8) is 0 Å². The van der Waals surface area contributed by atoms with Crippen molar-refractivity contribution in [2.24, 2.45) is 0 Å². The van der Waals surface area contributed by atoms with Gasteiger partial charge in [-0.2, -0.15) is 5.10 Å². The summed E-state index contributed by atoms with van der Waals surface area (Å²) in [5.41, 5.74) is 2.60. The molecular weight excluding hydrogens is 669 g/mol. The molecule has 1 atom stereocenters. The highest BCUT2D eigenvalue weighted by molar-refractivity contribution is 9.10. The van der Waals surface area contributed by atoms with Crippen LogP contribution in [0.3, 0.4) is 0 Å². The van der Waals surface area contributed by atoms with Crippen molar-refractivity contribution in [3.05, 3.63) is 75.5 Å². The van der Waals surface area contributed by atoms with Crippen LogP contribution in [0, 0.1) is 5.82 Å². The average molecular weight is 701 g/mol. The molecule has 3 aromatic heterocycles. The van der Waals surface area contributed by atoms with Crippen LogP contribution in [0.25, 0.3) is 21.8 Å². The van der Waals surface area contributed by atoms with Crippen LogP contribution < -0.4 is 10.1 Å². The summed E-state index contributed by atoms with van der Waals surface area (Å²) in [6.07, 6.45) is 7.74. The number of hydrogen-bond donors (Lipinski definition) is 1. The second-order valence-corrected chi connectivity index (χ2v) is 14.3. The molecule has 44 heavy (non-hydrogen) atoms. The van der Waals surface area contributed by atoms with Gasteiger partial charge < -0.3 is 19.0 Å². The van der Waals surface area contributed by atoms with Gasteiger partial charge in [0, 0.05) is 27.9 Å². The predicted molar refractivity (Wildman–Crippen MR) is 176 cm³/mol. The summed E-state index contributed by atoms with van der Waals surface area (Å²) < 4.78 is 42.0. The maximum atomic E-state index is 13.8. The Kier molecular flexibility index (Phi) is 8.63. The van der Waals surface area contributed by atoms with Gasteiger partial charge in [0.1, 0.15) is 23.1 Å². The van der Waals surface area contributed by atoms with E-state index in [1.54, 1.807) is 12.3 Å². The minimum absolute atomic E-state index is 0.0255. The van der Waals surface area contributed by atoms with E-state index in [0.717, 1.165) is 70.3 Å². The molecule has 0 amide bonds. The zero-order chi connectivity index (χ0) is 30.2. The Labute approximate surface area is 270 Å². The smallest absolute Gasteiger partial charge is 0.163 e. The van der Waals surface area contributed by atoms with Crippen LogP contribution in [0.5, 0.6) is 5.75 Å². The van der Waals surface area contributed by atoms with Gasteiger partial charge in [-0.05, 0) is 97.2 Å². The van der Waals surface area contributed by atoms with E-state index in [0.29, 0.717) is 34.8 Å². The molecule has 1 aliphatic carbocycles. The third-order valence-corrected chi connectivity index (χ3v) is 10.3. The molecular formula is C32H32BrClFN5O3S. The maximum absolute atomic E-state index is 13.8. The van der Waals surface area contributed by atoms with Gasteiger partial charge in [0.25, 0.3) is 0 Å². The van der Waals surface area contributed by atoms with Gasteiger partial charge in [-0.1, -0.05) is 18.0 Å². The predicted octanol–water partition coefficient (Wildman–Crippen LogP) is 8.12. The van der Waals surface area contributed by atoms with E-state index in [4.69, 9.17) is 20.8 Å². The maximum Gasteiger partial charge on any atom is 0.163 e. The van der Waals surface area contributed by atoms with Crippen LogP contribution in [0.1, 0.15) is 49.7 Å². The van der Waals surface area contributed by atoms with Gasteiger partial charge in [-0.25, -0.2) is 4.39 Å². The van der Waals surface area contributed by atoms with Gasteiger partial charge in [0.05, 0.1) is 56.8 Å². The number of aromatic nitrogens is 3. The lowest BCUT2D eigenvalue weighted by atomic mass is 10.1. The molecule has 1 saturated heterocycles. The summed E-state index contributed by atoms with van der Waals surface area (Å²) >= 11 is 9.73. The molecule has 0 spiro atoms. The topological polar surface area (TPSA) is 85.4 Å². The fourth-order valence-corrected chi connectivity index (χ4v) is 7.44. The molecule has 8 nitrogen and oxygen atoms in total. The third kappa shape index (κ3) is 6.38. The number of furan rings is 1. The van der Waals surface area contributed by atoms with Crippen molar-refractivity contribution in [3.8, 4) is 5.75 Å². The van der Waals surface area contributed by atoms with E-state index in [9.17, 15) is 8.60 Å². The Hall–Kier alpha value is -2.99. The number of rotatable bonds is 11. The van der Waals surface area contributed by atoms with E-state index in [2.05, 4.69) is 47.0 Å². The Morgan fingerprint density at radius 3 is 2.70 bits per heavy atom. The first-order chi connectivity index (χ1) is 21.4. The Morgan fingerprint density at radius 2 is 1.91 bits per heavy atom. The van der Waals surface area contributed by atoms with Crippen molar-refractivity contribution in [2.45, 2.75) is 50.4 Å². The zero-order valence-corrected chi connectivity index (χ0v) is 27.2. The molecule has 7 rings (SSSR count).